The van der Waals surface area contributed by atoms with Crippen LogP contribution in [0.2, 0.25) is 0 Å². The van der Waals surface area contributed by atoms with Gasteiger partial charge >= 0.3 is 0 Å². The van der Waals surface area contributed by atoms with E-state index in [1.807, 2.05) is 62.4 Å². The number of anilines is 1. The summed E-state index contributed by atoms with van der Waals surface area (Å²) in [6.45, 7) is 4.40. The van der Waals surface area contributed by atoms with Gasteiger partial charge in [0.1, 0.15) is 11.7 Å². The molecule has 0 radical (unpaired) electrons. The van der Waals surface area contributed by atoms with Crippen LogP contribution in [0, 0.1) is 5.92 Å². The zero-order chi connectivity index (χ0) is 20.4. The van der Waals surface area contributed by atoms with Crippen molar-refractivity contribution in [2.75, 3.05) is 18.7 Å². The molecule has 0 bridgehead atoms. The van der Waals surface area contributed by atoms with E-state index in [0.717, 1.165) is 33.8 Å². The maximum absolute atomic E-state index is 13.0. The van der Waals surface area contributed by atoms with Crippen molar-refractivity contribution in [3.05, 3.63) is 54.1 Å². The number of hydrogen-bond donors (Lipinski definition) is 0. The molecule has 0 unspecified atom stereocenters. The van der Waals surface area contributed by atoms with E-state index in [1.165, 1.54) is 21.9 Å². The fourth-order valence-corrected chi connectivity index (χ4v) is 4.30. The maximum atomic E-state index is 13.0. The van der Waals surface area contributed by atoms with Gasteiger partial charge in [0.25, 0.3) is 5.91 Å². The lowest BCUT2D eigenvalue weighted by atomic mass is 9.99. The molecule has 1 aromatic heterocycles. The Labute approximate surface area is 173 Å². The number of aliphatic imine (C=N–C) groups is 1. The molecule has 1 aliphatic rings. The number of aromatic nitrogens is 1. The first-order valence-corrected chi connectivity index (χ1v) is 10.3. The summed E-state index contributed by atoms with van der Waals surface area (Å²) in [5.74, 6) is 0.330. The quantitative estimate of drug-likeness (QED) is 0.572. The van der Waals surface area contributed by atoms with Crippen LogP contribution in [-0.4, -0.2) is 36.0 Å². The van der Waals surface area contributed by atoms with Crippen LogP contribution < -0.4 is 9.75 Å². The van der Waals surface area contributed by atoms with Crippen molar-refractivity contribution >= 4 is 44.0 Å². The number of carbonyl (C=O) groups is 1. The summed E-state index contributed by atoms with van der Waals surface area (Å²) in [6.07, 6.45) is 0.806. The standard InChI is InChI=1S/C22H22N4O2S/c1-14(23-13-12-16-8-10-17(28-3)11-9-16)20-15(2)25-26(21(20)27)22-24-18-6-4-5-7-19(18)29-22/h4-11,20H,12-13H2,1-3H3/t20-/m0/s1. The Bertz CT molecular complexity index is 1070. The fraction of sp³-hybridized carbons (Fsp3) is 0.273. The highest BCUT2D eigenvalue weighted by atomic mass is 32.1. The number of hydrazone groups is 1. The van der Waals surface area contributed by atoms with E-state index in [1.54, 1.807) is 7.11 Å². The minimum Gasteiger partial charge on any atom is -0.497 e. The maximum Gasteiger partial charge on any atom is 0.264 e. The Kier molecular flexibility index (Phi) is 5.40. The Hall–Kier alpha value is -3.06. The highest BCUT2D eigenvalue weighted by Crippen LogP contribution is 2.32. The van der Waals surface area contributed by atoms with Crippen molar-refractivity contribution in [2.45, 2.75) is 20.3 Å². The summed E-state index contributed by atoms with van der Waals surface area (Å²) < 4.78 is 6.22. The Morgan fingerprint density at radius 3 is 2.69 bits per heavy atom. The summed E-state index contributed by atoms with van der Waals surface area (Å²) in [4.78, 5) is 22.2. The second-order valence-corrected chi connectivity index (χ2v) is 7.92. The average molecular weight is 407 g/mol. The highest BCUT2D eigenvalue weighted by molar-refractivity contribution is 7.22. The van der Waals surface area contributed by atoms with Crippen molar-refractivity contribution in [3.63, 3.8) is 0 Å². The summed E-state index contributed by atoms with van der Waals surface area (Å²) in [5.41, 5.74) is 3.59. The van der Waals surface area contributed by atoms with Gasteiger partial charge < -0.3 is 4.74 Å². The van der Waals surface area contributed by atoms with Gasteiger partial charge in [0.05, 0.1) is 23.0 Å². The SMILES string of the molecule is COc1ccc(CCN=C(C)[C@@H]2C(=O)N(c3nc4ccccc4s3)N=C2C)cc1. The van der Waals surface area contributed by atoms with Gasteiger partial charge in [0, 0.05) is 12.3 Å². The van der Waals surface area contributed by atoms with Crippen LogP contribution in [-0.2, 0) is 11.2 Å². The van der Waals surface area contributed by atoms with Gasteiger partial charge in [-0.3, -0.25) is 9.79 Å². The average Bonchev–Trinajstić information content (AvgIpc) is 3.28. The molecule has 0 fully saturated rings. The number of para-hydroxylation sites is 1. The van der Waals surface area contributed by atoms with Crippen LogP contribution in [0.3, 0.4) is 0 Å². The van der Waals surface area contributed by atoms with E-state index in [9.17, 15) is 4.79 Å². The second-order valence-electron chi connectivity index (χ2n) is 6.91. The largest absolute Gasteiger partial charge is 0.497 e. The number of thiazole rings is 1. The fourth-order valence-electron chi connectivity index (χ4n) is 3.38. The summed E-state index contributed by atoms with van der Waals surface area (Å²) in [5, 5.41) is 6.50. The zero-order valence-corrected chi connectivity index (χ0v) is 17.4. The lowest BCUT2D eigenvalue weighted by molar-refractivity contribution is -0.118. The number of fused-ring (bicyclic) bond motifs is 1. The lowest BCUT2D eigenvalue weighted by Gasteiger charge is -2.11. The van der Waals surface area contributed by atoms with Crippen LogP contribution in [0.4, 0.5) is 5.13 Å². The molecule has 1 atom stereocenters. The van der Waals surface area contributed by atoms with Gasteiger partial charge in [0.15, 0.2) is 0 Å². The molecule has 148 valence electrons. The van der Waals surface area contributed by atoms with Gasteiger partial charge in [0.2, 0.25) is 5.13 Å². The van der Waals surface area contributed by atoms with E-state index in [0.29, 0.717) is 11.7 Å². The molecule has 29 heavy (non-hydrogen) atoms. The molecule has 1 amide bonds. The van der Waals surface area contributed by atoms with Gasteiger partial charge in [-0.2, -0.15) is 10.1 Å². The molecule has 6 nitrogen and oxygen atoms in total. The van der Waals surface area contributed by atoms with Crippen molar-refractivity contribution in [1.29, 1.82) is 0 Å². The van der Waals surface area contributed by atoms with Crippen molar-refractivity contribution in [2.24, 2.45) is 16.0 Å². The molecular formula is C22H22N4O2S. The number of benzene rings is 2. The number of methoxy groups -OCH3 is 1. The first-order valence-electron chi connectivity index (χ1n) is 9.45. The second kappa shape index (κ2) is 8.13. The molecule has 0 spiro atoms. The molecule has 7 heteroatoms. The Balaban J connectivity index is 1.45. The molecule has 2 heterocycles. The predicted molar refractivity (Wildman–Crippen MR) is 118 cm³/mol. The third kappa shape index (κ3) is 3.91. The number of hydrogen-bond acceptors (Lipinski definition) is 6. The predicted octanol–water partition coefficient (Wildman–Crippen LogP) is 4.35. The van der Waals surface area contributed by atoms with Gasteiger partial charge in [-0.05, 0) is 50.1 Å². The van der Waals surface area contributed by atoms with Crippen molar-refractivity contribution in [1.82, 2.24) is 4.98 Å². The number of ether oxygens (including phenoxy) is 1. The number of nitrogens with zero attached hydrogens (tertiary/aromatic N) is 4. The molecule has 2 aromatic carbocycles. The van der Waals surface area contributed by atoms with Gasteiger partial charge in [-0.25, -0.2) is 4.98 Å². The third-order valence-corrected chi connectivity index (χ3v) is 5.95. The van der Waals surface area contributed by atoms with Gasteiger partial charge in [-0.15, -0.1) is 0 Å². The molecule has 0 saturated carbocycles. The molecule has 0 aliphatic carbocycles. The number of rotatable bonds is 6. The van der Waals surface area contributed by atoms with Crippen molar-refractivity contribution < 1.29 is 9.53 Å². The van der Waals surface area contributed by atoms with Crippen molar-refractivity contribution in [3.8, 4) is 5.75 Å². The van der Waals surface area contributed by atoms with Crippen LogP contribution in [0.5, 0.6) is 5.75 Å². The summed E-state index contributed by atoms with van der Waals surface area (Å²) >= 11 is 1.47. The monoisotopic (exact) mass is 406 g/mol. The smallest absolute Gasteiger partial charge is 0.264 e. The topological polar surface area (TPSA) is 67.2 Å². The Morgan fingerprint density at radius 1 is 1.21 bits per heavy atom. The van der Waals surface area contributed by atoms with E-state index in [-0.39, 0.29) is 5.91 Å². The molecule has 0 N–H and O–H groups in total. The third-order valence-electron chi connectivity index (χ3n) is 4.93. The van der Waals surface area contributed by atoms with Crippen LogP contribution in [0.1, 0.15) is 19.4 Å². The van der Waals surface area contributed by atoms with Crippen LogP contribution in [0.25, 0.3) is 10.2 Å². The molecule has 0 saturated heterocycles. The highest BCUT2D eigenvalue weighted by Gasteiger charge is 2.37. The Morgan fingerprint density at radius 2 is 1.97 bits per heavy atom. The first-order chi connectivity index (χ1) is 14.1. The molecular weight excluding hydrogens is 384 g/mol. The van der Waals surface area contributed by atoms with E-state index >= 15 is 0 Å². The number of carbonyl (C=O) groups excluding carboxylic acids is 1. The first kappa shape index (κ1) is 19.3. The lowest BCUT2D eigenvalue weighted by Crippen LogP contribution is -2.31. The van der Waals surface area contributed by atoms with Gasteiger partial charge in [-0.1, -0.05) is 35.6 Å². The van der Waals surface area contributed by atoms with E-state index in [4.69, 9.17) is 4.74 Å². The minimum atomic E-state index is -0.419. The van der Waals surface area contributed by atoms with Crippen LogP contribution in [0.15, 0.2) is 58.6 Å². The normalized spacial score (nSPS) is 17.1. The van der Waals surface area contributed by atoms with E-state index in [2.05, 4.69) is 15.1 Å². The molecule has 3 aromatic rings. The molecule has 1 aliphatic heterocycles. The summed E-state index contributed by atoms with van der Waals surface area (Å²) in [7, 11) is 1.66. The minimum absolute atomic E-state index is 0.0905. The van der Waals surface area contributed by atoms with Crippen LogP contribution >= 0.6 is 11.3 Å². The molecule has 4 rings (SSSR count). The zero-order valence-electron chi connectivity index (χ0n) is 16.6. The van der Waals surface area contributed by atoms with E-state index < -0.39 is 5.92 Å². The number of amides is 1. The summed E-state index contributed by atoms with van der Waals surface area (Å²) in [6, 6.07) is 15.8.